The lowest BCUT2D eigenvalue weighted by molar-refractivity contribution is -0.926. The van der Waals surface area contributed by atoms with Gasteiger partial charge in [0, 0.05) is 12.0 Å². The van der Waals surface area contributed by atoms with Crippen molar-refractivity contribution in [2.75, 3.05) is 35.2 Å². The molecule has 2 heteroatoms. The van der Waals surface area contributed by atoms with Crippen molar-refractivity contribution in [2.45, 2.75) is 12.1 Å². The minimum absolute atomic E-state index is 0.0178. The smallest absolute Gasteiger partial charge is 0.184 e. The number of benzene rings is 1. The summed E-state index contributed by atoms with van der Waals surface area (Å²) in [7, 11) is 11.2. The van der Waals surface area contributed by atoms with Crippen molar-refractivity contribution in [3.05, 3.63) is 54.1 Å². The molecular weight excluding hydrogens is 232 g/mol. The summed E-state index contributed by atoms with van der Waals surface area (Å²) in [6.45, 7) is 0. The molecule has 0 amide bonds. The van der Waals surface area contributed by atoms with Gasteiger partial charge in [-0.15, -0.1) is 0 Å². The van der Waals surface area contributed by atoms with Crippen LogP contribution in [0.15, 0.2) is 48.6 Å². The van der Waals surface area contributed by atoms with E-state index in [2.05, 4.69) is 88.7 Å². The van der Waals surface area contributed by atoms with Crippen LogP contribution < -0.4 is 0 Å². The van der Waals surface area contributed by atoms with Crippen molar-refractivity contribution in [1.29, 1.82) is 0 Å². The van der Waals surface area contributed by atoms with Crippen LogP contribution in [0.25, 0.3) is 5.57 Å². The summed E-state index contributed by atoms with van der Waals surface area (Å²) >= 11 is 0. The van der Waals surface area contributed by atoms with Crippen molar-refractivity contribution in [1.82, 2.24) is 4.90 Å². The standard InChI is InChI=1S/C17H25N2/c1-18(2)17(19(3,4)5)14-10-9-13-16(17)15-11-7-6-8-12-15/h6-13H,14H2,1-5H3/q+1. The van der Waals surface area contributed by atoms with E-state index in [-0.39, 0.29) is 5.66 Å². The molecule has 0 heterocycles. The van der Waals surface area contributed by atoms with Gasteiger partial charge in [-0.3, -0.25) is 4.90 Å². The molecule has 1 aliphatic carbocycles. The first kappa shape index (κ1) is 14.0. The second-order valence-corrected chi connectivity index (χ2v) is 6.30. The highest BCUT2D eigenvalue weighted by molar-refractivity contribution is 5.74. The number of likely N-dealkylation sites (N-methyl/N-ethyl adjacent to an activating group) is 2. The normalized spacial score (nSPS) is 23.6. The third kappa shape index (κ3) is 2.26. The van der Waals surface area contributed by atoms with E-state index >= 15 is 0 Å². The Morgan fingerprint density at radius 3 is 2.21 bits per heavy atom. The molecule has 0 fully saturated rings. The van der Waals surface area contributed by atoms with Crippen LogP contribution in [0.2, 0.25) is 0 Å². The molecule has 1 aromatic carbocycles. The molecule has 2 nitrogen and oxygen atoms in total. The maximum Gasteiger partial charge on any atom is 0.184 e. The van der Waals surface area contributed by atoms with Crippen LogP contribution in [0.4, 0.5) is 0 Å². The minimum atomic E-state index is -0.0178. The first-order chi connectivity index (χ1) is 8.89. The fourth-order valence-corrected chi connectivity index (χ4v) is 3.24. The summed E-state index contributed by atoms with van der Waals surface area (Å²) in [6, 6.07) is 10.7. The largest absolute Gasteiger partial charge is 0.309 e. The molecule has 2 rings (SSSR count). The summed E-state index contributed by atoms with van der Waals surface area (Å²) in [6.07, 6.45) is 7.75. The quantitative estimate of drug-likeness (QED) is 0.594. The van der Waals surface area contributed by atoms with E-state index < -0.39 is 0 Å². The Labute approximate surface area is 117 Å². The Morgan fingerprint density at radius 1 is 1.05 bits per heavy atom. The third-order valence-electron chi connectivity index (χ3n) is 4.17. The number of allylic oxidation sites excluding steroid dienone is 2. The van der Waals surface area contributed by atoms with Gasteiger partial charge in [-0.25, -0.2) is 0 Å². The maximum absolute atomic E-state index is 2.36. The first-order valence-corrected chi connectivity index (χ1v) is 6.81. The number of nitrogens with zero attached hydrogens (tertiary/aromatic N) is 2. The van der Waals surface area contributed by atoms with Gasteiger partial charge in [0.15, 0.2) is 5.66 Å². The number of hydrogen-bond acceptors (Lipinski definition) is 1. The Balaban J connectivity index is 2.61. The van der Waals surface area contributed by atoms with Gasteiger partial charge < -0.3 is 4.48 Å². The van der Waals surface area contributed by atoms with Crippen molar-refractivity contribution in [3.63, 3.8) is 0 Å². The Bertz CT molecular complexity index is 492. The van der Waals surface area contributed by atoms with E-state index in [0.717, 1.165) is 10.9 Å². The van der Waals surface area contributed by atoms with Crippen molar-refractivity contribution >= 4 is 5.57 Å². The maximum atomic E-state index is 2.36. The van der Waals surface area contributed by atoms with Gasteiger partial charge in [0.25, 0.3) is 0 Å². The third-order valence-corrected chi connectivity index (χ3v) is 4.17. The molecule has 0 saturated carbocycles. The lowest BCUT2D eigenvalue weighted by Crippen LogP contribution is -2.65. The highest BCUT2D eigenvalue weighted by Crippen LogP contribution is 2.41. The van der Waals surface area contributed by atoms with Crippen LogP contribution in [-0.2, 0) is 0 Å². The molecule has 102 valence electrons. The van der Waals surface area contributed by atoms with Gasteiger partial charge in [-0.05, 0) is 19.7 Å². The van der Waals surface area contributed by atoms with Gasteiger partial charge >= 0.3 is 0 Å². The lowest BCUT2D eigenvalue weighted by Gasteiger charge is -2.52. The highest BCUT2D eigenvalue weighted by atomic mass is 15.5. The Morgan fingerprint density at radius 2 is 1.68 bits per heavy atom. The van der Waals surface area contributed by atoms with Crippen LogP contribution in [0, 0.1) is 0 Å². The van der Waals surface area contributed by atoms with Gasteiger partial charge in [0.05, 0.1) is 21.1 Å². The number of hydrogen-bond donors (Lipinski definition) is 0. The van der Waals surface area contributed by atoms with Crippen molar-refractivity contribution in [3.8, 4) is 0 Å². The fraction of sp³-hybridized carbons (Fsp3) is 0.412. The molecule has 0 bridgehead atoms. The summed E-state index contributed by atoms with van der Waals surface area (Å²) in [4.78, 5) is 2.36. The van der Waals surface area contributed by atoms with E-state index in [1.807, 2.05) is 0 Å². The minimum Gasteiger partial charge on any atom is -0.309 e. The molecule has 0 saturated heterocycles. The summed E-state index contributed by atoms with van der Waals surface area (Å²) in [5, 5.41) is 0. The molecular formula is C17H25N2+. The van der Waals surface area contributed by atoms with Crippen LogP contribution in [0.3, 0.4) is 0 Å². The molecule has 0 N–H and O–H groups in total. The molecule has 1 unspecified atom stereocenters. The number of quaternary nitrogens is 1. The van der Waals surface area contributed by atoms with Gasteiger partial charge in [-0.2, -0.15) is 0 Å². The van der Waals surface area contributed by atoms with Gasteiger partial charge in [-0.1, -0.05) is 48.6 Å². The van der Waals surface area contributed by atoms with Crippen LogP contribution in [0.5, 0.6) is 0 Å². The van der Waals surface area contributed by atoms with E-state index in [0.29, 0.717) is 0 Å². The predicted octanol–water partition coefficient (Wildman–Crippen LogP) is 2.99. The first-order valence-electron chi connectivity index (χ1n) is 6.81. The van der Waals surface area contributed by atoms with Gasteiger partial charge in [0.2, 0.25) is 0 Å². The number of rotatable bonds is 3. The molecule has 1 atom stereocenters. The summed E-state index contributed by atoms with van der Waals surface area (Å²) in [5.74, 6) is 0. The van der Waals surface area contributed by atoms with Crippen LogP contribution in [-0.4, -0.2) is 50.3 Å². The fourth-order valence-electron chi connectivity index (χ4n) is 3.24. The topological polar surface area (TPSA) is 3.24 Å². The van der Waals surface area contributed by atoms with Crippen molar-refractivity contribution in [2.24, 2.45) is 0 Å². The monoisotopic (exact) mass is 257 g/mol. The summed E-state index contributed by atoms with van der Waals surface area (Å²) < 4.78 is 0.880. The van der Waals surface area contributed by atoms with E-state index in [1.54, 1.807) is 0 Å². The van der Waals surface area contributed by atoms with Crippen LogP contribution in [0.1, 0.15) is 12.0 Å². The van der Waals surface area contributed by atoms with E-state index in [9.17, 15) is 0 Å². The second-order valence-electron chi connectivity index (χ2n) is 6.30. The molecule has 1 aromatic rings. The Kier molecular flexibility index (Phi) is 3.66. The summed E-state index contributed by atoms with van der Waals surface area (Å²) in [5.41, 5.74) is 2.69. The molecule has 19 heavy (non-hydrogen) atoms. The molecule has 0 aliphatic heterocycles. The second kappa shape index (κ2) is 4.95. The van der Waals surface area contributed by atoms with E-state index in [4.69, 9.17) is 0 Å². The average molecular weight is 257 g/mol. The zero-order valence-electron chi connectivity index (χ0n) is 12.7. The average Bonchev–Trinajstić information content (AvgIpc) is 2.38. The SMILES string of the molecule is CN(C)C1([N+](C)(C)C)CC=CC=C1c1ccccc1. The molecule has 0 aromatic heterocycles. The van der Waals surface area contributed by atoms with Gasteiger partial charge in [0.1, 0.15) is 0 Å². The zero-order chi connectivity index (χ0) is 14.1. The molecule has 1 aliphatic rings. The lowest BCUT2D eigenvalue weighted by atomic mass is 9.83. The van der Waals surface area contributed by atoms with Crippen LogP contribution >= 0.6 is 0 Å². The molecule has 0 radical (unpaired) electrons. The van der Waals surface area contributed by atoms with Crippen molar-refractivity contribution < 1.29 is 4.48 Å². The van der Waals surface area contributed by atoms with E-state index in [1.165, 1.54) is 11.1 Å². The molecule has 0 spiro atoms. The zero-order valence-corrected chi connectivity index (χ0v) is 12.7. The predicted molar refractivity (Wildman–Crippen MR) is 82.6 cm³/mol. The Hall–Kier alpha value is -1.38. The highest BCUT2D eigenvalue weighted by Gasteiger charge is 2.48.